The number of hydrogen-bond donors (Lipinski definition) is 4. The Labute approximate surface area is 198 Å². The number of rotatable bonds is 4. The molecule has 2 aromatic heterocycles. The van der Waals surface area contributed by atoms with Crippen LogP contribution < -0.4 is 10.6 Å². The molecule has 34 heavy (non-hydrogen) atoms. The van der Waals surface area contributed by atoms with Gasteiger partial charge in [-0.2, -0.15) is 0 Å². The second-order valence-electron chi connectivity index (χ2n) is 9.58. The average Bonchev–Trinajstić information content (AvgIpc) is 3.69. The fraction of sp³-hybridized carbons (Fsp3) is 0.286. The standard InChI is InChI=1S/C28H28N6/c1-3-23(29-13-1)27-31-21-11-9-19(15-25(21)33-27)17-5-7-18(8-6-17)20-10-12-22-26(16-20)34-28(32-22)24-4-2-14-30-24/h5-12,15-16,23-24,29-30H,1-4,13-14H2,(H,31,33)(H,32,34)/t23-,24-/m0/s1. The molecule has 2 fully saturated rings. The lowest BCUT2D eigenvalue weighted by Crippen LogP contribution is -2.13. The van der Waals surface area contributed by atoms with E-state index in [1.807, 2.05) is 0 Å². The second kappa shape index (κ2) is 8.08. The summed E-state index contributed by atoms with van der Waals surface area (Å²) >= 11 is 0. The summed E-state index contributed by atoms with van der Waals surface area (Å²) in [5.41, 5.74) is 9.08. The highest BCUT2D eigenvalue weighted by molar-refractivity contribution is 5.84. The van der Waals surface area contributed by atoms with Crippen molar-refractivity contribution in [3.63, 3.8) is 0 Å². The SMILES string of the molecule is c1cc(-c2ccc3nc([C@@H]4CCCN4)[nH]c3c2)ccc1-c1ccc2nc([C@@H]3CCCN3)[nH]c2c1. The van der Waals surface area contributed by atoms with Gasteiger partial charge < -0.3 is 20.6 Å². The quantitative estimate of drug-likeness (QED) is 0.288. The Balaban J connectivity index is 1.16. The van der Waals surface area contributed by atoms with Crippen molar-refractivity contribution in [2.24, 2.45) is 0 Å². The fourth-order valence-corrected chi connectivity index (χ4v) is 5.44. The van der Waals surface area contributed by atoms with Gasteiger partial charge in [-0.15, -0.1) is 0 Å². The summed E-state index contributed by atoms with van der Waals surface area (Å²) in [5.74, 6) is 2.11. The minimum atomic E-state index is 0.354. The molecule has 6 nitrogen and oxygen atoms in total. The number of nitrogens with zero attached hydrogens (tertiary/aromatic N) is 2. The molecule has 0 bridgehead atoms. The summed E-state index contributed by atoms with van der Waals surface area (Å²) in [5, 5.41) is 7.05. The molecular weight excluding hydrogens is 420 g/mol. The number of nitrogens with one attached hydrogen (secondary N) is 4. The van der Waals surface area contributed by atoms with E-state index in [1.54, 1.807) is 0 Å². The third-order valence-corrected chi connectivity index (χ3v) is 7.33. The van der Waals surface area contributed by atoms with E-state index in [4.69, 9.17) is 9.97 Å². The summed E-state index contributed by atoms with van der Waals surface area (Å²) in [7, 11) is 0. The maximum absolute atomic E-state index is 4.80. The van der Waals surface area contributed by atoms with Crippen LogP contribution in [0.3, 0.4) is 0 Å². The Morgan fingerprint density at radius 2 is 1.00 bits per heavy atom. The van der Waals surface area contributed by atoms with Gasteiger partial charge in [-0.3, -0.25) is 0 Å². The van der Waals surface area contributed by atoms with Crippen molar-refractivity contribution >= 4 is 22.1 Å². The van der Waals surface area contributed by atoms with Crippen molar-refractivity contribution in [3.8, 4) is 22.3 Å². The molecule has 2 aliphatic heterocycles. The van der Waals surface area contributed by atoms with Gasteiger partial charge in [0.1, 0.15) is 11.6 Å². The highest BCUT2D eigenvalue weighted by Crippen LogP contribution is 2.30. The van der Waals surface area contributed by atoms with Crippen LogP contribution in [-0.4, -0.2) is 33.0 Å². The molecule has 0 saturated carbocycles. The van der Waals surface area contributed by atoms with Crippen LogP contribution in [0.5, 0.6) is 0 Å². The highest BCUT2D eigenvalue weighted by Gasteiger charge is 2.20. The molecule has 0 aliphatic carbocycles. The molecule has 2 aliphatic rings. The molecule has 2 saturated heterocycles. The van der Waals surface area contributed by atoms with E-state index in [0.29, 0.717) is 12.1 Å². The third-order valence-electron chi connectivity index (χ3n) is 7.33. The van der Waals surface area contributed by atoms with Crippen LogP contribution in [0.1, 0.15) is 49.4 Å². The lowest BCUT2D eigenvalue weighted by Gasteiger charge is -2.06. The summed E-state index contributed by atoms with van der Waals surface area (Å²) in [6.45, 7) is 2.15. The first kappa shape index (κ1) is 19.9. The predicted molar refractivity (Wildman–Crippen MR) is 137 cm³/mol. The largest absolute Gasteiger partial charge is 0.341 e. The third kappa shape index (κ3) is 3.50. The van der Waals surface area contributed by atoms with Gasteiger partial charge in [-0.25, -0.2) is 9.97 Å². The van der Waals surface area contributed by atoms with E-state index in [-0.39, 0.29) is 0 Å². The molecule has 2 atom stereocenters. The van der Waals surface area contributed by atoms with Crippen molar-refractivity contribution in [2.75, 3.05) is 13.1 Å². The molecule has 5 aromatic rings. The van der Waals surface area contributed by atoms with Crippen molar-refractivity contribution in [1.29, 1.82) is 0 Å². The van der Waals surface area contributed by atoms with E-state index in [2.05, 4.69) is 81.3 Å². The maximum Gasteiger partial charge on any atom is 0.124 e. The van der Waals surface area contributed by atoms with Crippen LogP contribution in [0.15, 0.2) is 60.7 Å². The zero-order chi connectivity index (χ0) is 22.5. The van der Waals surface area contributed by atoms with Crippen molar-refractivity contribution in [1.82, 2.24) is 30.6 Å². The van der Waals surface area contributed by atoms with Gasteiger partial charge in [0.05, 0.1) is 34.2 Å². The zero-order valence-electron chi connectivity index (χ0n) is 19.1. The molecule has 0 radical (unpaired) electrons. The van der Waals surface area contributed by atoms with Gasteiger partial charge in [0, 0.05) is 0 Å². The molecule has 7 rings (SSSR count). The summed E-state index contributed by atoms with van der Waals surface area (Å²) < 4.78 is 0. The van der Waals surface area contributed by atoms with Gasteiger partial charge in [-0.1, -0.05) is 36.4 Å². The molecule has 4 N–H and O–H groups in total. The van der Waals surface area contributed by atoms with Gasteiger partial charge in [0.15, 0.2) is 0 Å². The topological polar surface area (TPSA) is 81.4 Å². The first-order valence-electron chi connectivity index (χ1n) is 12.4. The van der Waals surface area contributed by atoms with E-state index >= 15 is 0 Å². The number of aromatic nitrogens is 4. The number of aromatic amines is 2. The van der Waals surface area contributed by atoms with Crippen LogP contribution in [0.4, 0.5) is 0 Å². The van der Waals surface area contributed by atoms with Gasteiger partial charge >= 0.3 is 0 Å². The van der Waals surface area contributed by atoms with Crippen LogP contribution in [0, 0.1) is 0 Å². The van der Waals surface area contributed by atoms with Crippen molar-refractivity contribution < 1.29 is 0 Å². The Morgan fingerprint density at radius 3 is 1.41 bits per heavy atom. The van der Waals surface area contributed by atoms with Crippen LogP contribution in [0.25, 0.3) is 44.3 Å². The van der Waals surface area contributed by atoms with E-state index < -0.39 is 0 Å². The minimum Gasteiger partial charge on any atom is -0.341 e. The van der Waals surface area contributed by atoms with E-state index in [0.717, 1.165) is 59.6 Å². The maximum atomic E-state index is 4.80. The van der Waals surface area contributed by atoms with Crippen LogP contribution >= 0.6 is 0 Å². The Morgan fingerprint density at radius 1 is 0.559 bits per heavy atom. The summed E-state index contributed by atoms with van der Waals surface area (Å²) in [6.07, 6.45) is 4.73. The van der Waals surface area contributed by atoms with E-state index in [1.165, 1.54) is 35.1 Å². The van der Waals surface area contributed by atoms with Crippen LogP contribution in [0.2, 0.25) is 0 Å². The summed E-state index contributed by atoms with van der Waals surface area (Å²) in [4.78, 5) is 16.7. The molecule has 4 heterocycles. The second-order valence-corrected chi connectivity index (χ2v) is 9.58. The fourth-order valence-electron chi connectivity index (χ4n) is 5.44. The molecule has 6 heteroatoms. The zero-order valence-corrected chi connectivity index (χ0v) is 19.1. The molecule has 170 valence electrons. The summed E-state index contributed by atoms with van der Waals surface area (Å²) in [6, 6.07) is 22.5. The monoisotopic (exact) mass is 448 g/mol. The number of hydrogen-bond acceptors (Lipinski definition) is 4. The molecule has 3 aromatic carbocycles. The Kier molecular flexibility index (Phi) is 4.74. The Hall–Kier alpha value is -3.48. The normalized spacial score (nSPS) is 20.6. The minimum absolute atomic E-state index is 0.354. The number of H-pyrrole nitrogens is 2. The van der Waals surface area contributed by atoms with E-state index in [9.17, 15) is 0 Å². The molecule has 0 unspecified atom stereocenters. The number of fused-ring (bicyclic) bond motifs is 2. The van der Waals surface area contributed by atoms with Crippen molar-refractivity contribution in [2.45, 2.75) is 37.8 Å². The van der Waals surface area contributed by atoms with Crippen LogP contribution in [-0.2, 0) is 0 Å². The lowest BCUT2D eigenvalue weighted by molar-refractivity contribution is 0.614. The number of benzene rings is 3. The van der Waals surface area contributed by atoms with Gasteiger partial charge in [-0.05, 0) is 85.3 Å². The molecule has 0 spiro atoms. The average molecular weight is 449 g/mol. The smallest absolute Gasteiger partial charge is 0.124 e. The predicted octanol–water partition coefficient (Wildman–Crippen LogP) is 5.62. The first-order chi connectivity index (χ1) is 16.8. The molecule has 0 amide bonds. The number of imidazole rings is 2. The first-order valence-corrected chi connectivity index (χ1v) is 12.4. The lowest BCUT2D eigenvalue weighted by atomic mass is 10.00. The van der Waals surface area contributed by atoms with Crippen molar-refractivity contribution in [3.05, 3.63) is 72.3 Å². The van der Waals surface area contributed by atoms with Gasteiger partial charge in [0.2, 0.25) is 0 Å². The van der Waals surface area contributed by atoms with Gasteiger partial charge in [0.25, 0.3) is 0 Å². The Bertz CT molecular complexity index is 1350. The highest BCUT2D eigenvalue weighted by atomic mass is 15.0. The molecular formula is C28H28N6.